The molecule has 0 saturated carbocycles. The summed E-state index contributed by atoms with van der Waals surface area (Å²) >= 11 is 0. The third-order valence-electron chi connectivity index (χ3n) is 2.05. The summed E-state index contributed by atoms with van der Waals surface area (Å²) in [4.78, 5) is 13.9. The molecule has 0 saturated heterocycles. The first-order chi connectivity index (χ1) is 8.97. The number of ether oxygens (including phenoxy) is 1. The van der Waals surface area contributed by atoms with E-state index in [0.717, 1.165) is 13.1 Å². The van der Waals surface area contributed by atoms with E-state index in [0.29, 0.717) is 19.1 Å². The molecule has 0 aromatic carbocycles. The number of aliphatic imine (C=N–C) groups is 1. The second kappa shape index (κ2) is 10.1. The van der Waals surface area contributed by atoms with Crippen LogP contribution in [0.5, 0.6) is 0 Å². The van der Waals surface area contributed by atoms with Crippen molar-refractivity contribution < 1.29 is 9.77 Å². The number of hydrogen-bond donors (Lipinski definition) is 3. The Kier molecular flexibility index (Phi) is 9.06. The molecule has 1 aliphatic heterocycles. The van der Waals surface area contributed by atoms with Gasteiger partial charge in [0.25, 0.3) is 5.96 Å². The Hall–Kier alpha value is -1.90. The Balaban J connectivity index is 0.000000356. The minimum atomic E-state index is -0.866. The lowest BCUT2D eigenvalue weighted by Gasteiger charge is -2.02. The normalized spacial score (nSPS) is 14.3. The maximum atomic E-state index is 9.71. The quantitative estimate of drug-likeness (QED) is 0.201. The molecular formula is C10H22N6O3. The van der Waals surface area contributed by atoms with Crippen LogP contribution in [-0.4, -0.2) is 50.2 Å². The van der Waals surface area contributed by atoms with Gasteiger partial charge in [-0.05, 0) is 0 Å². The summed E-state index contributed by atoms with van der Waals surface area (Å²) in [6.07, 6.45) is 0. The van der Waals surface area contributed by atoms with Gasteiger partial charge in [0.15, 0.2) is 5.03 Å². The fourth-order valence-electron chi connectivity index (χ4n) is 1.21. The van der Waals surface area contributed by atoms with E-state index < -0.39 is 5.03 Å². The lowest BCUT2D eigenvalue weighted by Crippen LogP contribution is -2.34. The summed E-state index contributed by atoms with van der Waals surface area (Å²) in [6.45, 7) is 7.13. The second-order valence-corrected chi connectivity index (χ2v) is 3.99. The summed E-state index contributed by atoms with van der Waals surface area (Å²) in [5.41, 5.74) is 5.06. The van der Waals surface area contributed by atoms with Gasteiger partial charge in [-0.3, -0.25) is 4.99 Å². The van der Waals surface area contributed by atoms with Crippen molar-refractivity contribution in [2.24, 2.45) is 21.7 Å². The molecule has 0 bridgehead atoms. The van der Waals surface area contributed by atoms with Crippen LogP contribution < -0.4 is 16.4 Å². The molecule has 0 spiro atoms. The van der Waals surface area contributed by atoms with Crippen molar-refractivity contribution in [2.45, 2.75) is 13.8 Å². The maximum Gasteiger partial charge on any atom is 0.266 e. The molecule has 9 heteroatoms. The number of nitro groups is 1. The van der Waals surface area contributed by atoms with Crippen LogP contribution in [0.3, 0.4) is 0 Å². The molecule has 0 fully saturated rings. The molecule has 0 aromatic heterocycles. The molecular weight excluding hydrogens is 252 g/mol. The standard InChI is InChI=1S/C6H12N2.C4H10N4O3/c1-5(2)6-7-3-4-8-6;1-11-3-2-6-4(5)7-8(9)10/h5H,3-4H2,1-2H3,(H,7,8);2-3H2,1H3,(H3,5,6,7). The van der Waals surface area contributed by atoms with Crippen LogP contribution in [0, 0.1) is 16.0 Å². The van der Waals surface area contributed by atoms with Crippen molar-refractivity contribution in [1.29, 1.82) is 0 Å². The number of rotatable bonds is 5. The SMILES string of the molecule is CC(C)C1=NCCN1.COCCN/C(N)=N\[N+](=O)[O-]. The second-order valence-electron chi connectivity index (χ2n) is 3.99. The van der Waals surface area contributed by atoms with Crippen LogP contribution in [0.1, 0.15) is 13.8 Å². The number of methoxy groups -OCH3 is 1. The van der Waals surface area contributed by atoms with E-state index in [1.54, 1.807) is 0 Å². The van der Waals surface area contributed by atoms with Gasteiger partial charge in [0.05, 0.1) is 19.0 Å². The van der Waals surface area contributed by atoms with Gasteiger partial charge >= 0.3 is 0 Å². The number of guanidine groups is 1. The average molecular weight is 274 g/mol. The van der Waals surface area contributed by atoms with Crippen LogP contribution in [-0.2, 0) is 4.74 Å². The Morgan fingerprint density at radius 2 is 2.42 bits per heavy atom. The maximum absolute atomic E-state index is 9.71. The molecule has 19 heavy (non-hydrogen) atoms. The molecule has 1 aliphatic rings. The van der Waals surface area contributed by atoms with E-state index >= 15 is 0 Å². The molecule has 0 aromatic rings. The zero-order valence-corrected chi connectivity index (χ0v) is 11.5. The van der Waals surface area contributed by atoms with Crippen molar-refractivity contribution >= 4 is 11.8 Å². The highest BCUT2D eigenvalue weighted by Gasteiger charge is 2.07. The first kappa shape index (κ1) is 17.1. The van der Waals surface area contributed by atoms with E-state index in [9.17, 15) is 10.1 Å². The lowest BCUT2D eigenvalue weighted by molar-refractivity contribution is -0.485. The number of hydrogen-bond acceptors (Lipinski definition) is 5. The number of amidine groups is 1. The minimum absolute atomic E-state index is 0.216. The van der Waals surface area contributed by atoms with Crippen molar-refractivity contribution in [3.8, 4) is 0 Å². The Morgan fingerprint density at radius 3 is 2.79 bits per heavy atom. The van der Waals surface area contributed by atoms with Gasteiger partial charge in [0.1, 0.15) is 5.10 Å². The van der Waals surface area contributed by atoms with Crippen molar-refractivity contribution in [3.63, 3.8) is 0 Å². The largest absolute Gasteiger partial charge is 0.383 e. The average Bonchev–Trinajstić information content (AvgIpc) is 2.82. The van der Waals surface area contributed by atoms with E-state index in [-0.39, 0.29) is 5.96 Å². The van der Waals surface area contributed by atoms with Crippen LogP contribution in [0.2, 0.25) is 0 Å². The van der Waals surface area contributed by atoms with Crippen LogP contribution >= 0.6 is 0 Å². The molecule has 0 unspecified atom stereocenters. The molecule has 0 radical (unpaired) electrons. The van der Waals surface area contributed by atoms with E-state index in [1.807, 2.05) is 0 Å². The first-order valence-electron chi connectivity index (χ1n) is 5.96. The summed E-state index contributed by atoms with van der Waals surface area (Å²) in [5, 5.41) is 17.3. The highest BCUT2D eigenvalue weighted by atomic mass is 16.7. The topological polar surface area (TPSA) is 127 Å². The van der Waals surface area contributed by atoms with Crippen LogP contribution in [0.15, 0.2) is 10.1 Å². The molecule has 110 valence electrons. The summed E-state index contributed by atoms with van der Waals surface area (Å²) in [5.74, 6) is 1.54. The summed E-state index contributed by atoms with van der Waals surface area (Å²) in [6, 6.07) is 0. The van der Waals surface area contributed by atoms with E-state index in [4.69, 9.17) is 5.73 Å². The molecule has 4 N–H and O–H groups in total. The minimum Gasteiger partial charge on any atom is -0.383 e. The van der Waals surface area contributed by atoms with Gasteiger partial charge < -0.3 is 21.1 Å². The van der Waals surface area contributed by atoms with Gasteiger partial charge in [-0.1, -0.05) is 13.8 Å². The summed E-state index contributed by atoms with van der Waals surface area (Å²) < 4.78 is 4.65. The van der Waals surface area contributed by atoms with E-state index in [1.165, 1.54) is 12.9 Å². The van der Waals surface area contributed by atoms with Crippen molar-refractivity contribution in [1.82, 2.24) is 10.6 Å². The predicted octanol–water partition coefficient (Wildman–Crippen LogP) is -0.627. The monoisotopic (exact) mass is 274 g/mol. The Morgan fingerprint density at radius 1 is 1.74 bits per heavy atom. The zero-order valence-electron chi connectivity index (χ0n) is 11.5. The molecule has 9 nitrogen and oxygen atoms in total. The molecule has 1 rings (SSSR count). The number of hydrazone groups is 1. The van der Waals surface area contributed by atoms with Crippen molar-refractivity contribution in [2.75, 3.05) is 33.4 Å². The third-order valence-corrected chi connectivity index (χ3v) is 2.05. The van der Waals surface area contributed by atoms with Crippen LogP contribution in [0.4, 0.5) is 0 Å². The van der Waals surface area contributed by atoms with E-state index in [2.05, 4.69) is 39.3 Å². The first-order valence-corrected chi connectivity index (χ1v) is 5.96. The zero-order chi connectivity index (χ0) is 14.7. The molecule has 0 atom stereocenters. The van der Waals surface area contributed by atoms with Gasteiger partial charge in [0.2, 0.25) is 0 Å². The fourth-order valence-corrected chi connectivity index (χ4v) is 1.21. The lowest BCUT2D eigenvalue weighted by atomic mass is 10.2. The fraction of sp³-hybridized carbons (Fsp3) is 0.800. The number of nitrogens with two attached hydrogens (primary N) is 1. The predicted molar refractivity (Wildman–Crippen MR) is 73.6 cm³/mol. The number of nitrogens with one attached hydrogen (secondary N) is 2. The molecule has 0 amide bonds. The van der Waals surface area contributed by atoms with Crippen LogP contribution in [0.25, 0.3) is 0 Å². The molecule has 1 heterocycles. The Bertz CT molecular complexity index is 329. The number of nitrogens with zero attached hydrogens (tertiary/aromatic N) is 3. The summed E-state index contributed by atoms with van der Waals surface area (Å²) in [7, 11) is 1.52. The third kappa shape index (κ3) is 9.77. The van der Waals surface area contributed by atoms with Gasteiger partial charge in [-0.25, -0.2) is 10.1 Å². The Labute approximate surface area is 112 Å². The highest BCUT2D eigenvalue weighted by molar-refractivity contribution is 5.85. The smallest absolute Gasteiger partial charge is 0.266 e. The molecule has 0 aliphatic carbocycles. The van der Waals surface area contributed by atoms with Gasteiger partial charge in [-0.15, -0.1) is 0 Å². The van der Waals surface area contributed by atoms with Gasteiger partial charge in [0, 0.05) is 26.1 Å². The van der Waals surface area contributed by atoms with Gasteiger partial charge in [-0.2, -0.15) is 0 Å². The highest BCUT2D eigenvalue weighted by Crippen LogP contribution is 1.97. The van der Waals surface area contributed by atoms with Crippen molar-refractivity contribution in [3.05, 3.63) is 10.1 Å².